The molecule has 0 aromatic heterocycles. The van der Waals surface area contributed by atoms with E-state index < -0.39 is 11.9 Å². The molecule has 3 aliphatic rings. The Morgan fingerprint density at radius 1 is 1.06 bits per heavy atom. The third kappa shape index (κ3) is 5.26. The van der Waals surface area contributed by atoms with Gasteiger partial charge < -0.3 is 25.2 Å². The number of fused-ring (bicyclic) bond motifs is 8. The molecule has 2 aromatic carbocycles. The lowest BCUT2D eigenvalue weighted by molar-refractivity contribution is -0.159. The number of nitrogens with zero attached hydrogens (tertiary/aromatic N) is 1. The van der Waals surface area contributed by atoms with Gasteiger partial charge in [0, 0.05) is 48.6 Å². The lowest BCUT2D eigenvalue weighted by atomic mass is 9.74. The fourth-order valence-electron chi connectivity index (χ4n) is 5.90. The molecule has 9 heteroatoms. The summed E-state index contributed by atoms with van der Waals surface area (Å²) >= 11 is 6.43. The number of likely N-dealkylation sites (tertiary alicyclic amines) is 1. The number of benzene rings is 2. The van der Waals surface area contributed by atoms with Gasteiger partial charge >= 0.3 is 11.9 Å². The molecule has 2 aromatic rings. The molecule has 2 atom stereocenters. The largest absolute Gasteiger partial charge is 0.473 e. The van der Waals surface area contributed by atoms with Crippen molar-refractivity contribution >= 4 is 29.4 Å². The number of piperidine rings is 1. The summed E-state index contributed by atoms with van der Waals surface area (Å²) in [6.07, 6.45) is 3.12. The fraction of sp³-hybridized carbons (Fsp3) is 0.444. The van der Waals surface area contributed by atoms with E-state index in [4.69, 9.17) is 36.1 Å². The minimum atomic E-state index is -1.82. The van der Waals surface area contributed by atoms with E-state index in [1.807, 2.05) is 13.0 Å². The third-order valence-electron chi connectivity index (χ3n) is 7.38. The van der Waals surface area contributed by atoms with Gasteiger partial charge in [0.2, 0.25) is 5.91 Å². The van der Waals surface area contributed by atoms with E-state index >= 15 is 0 Å². The fourth-order valence-corrected chi connectivity index (χ4v) is 6.07. The van der Waals surface area contributed by atoms with E-state index in [0.717, 1.165) is 43.9 Å². The van der Waals surface area contributed by atoms with Crippen molar-refractivity contribution < 1.29 is 29.3 Å². The predicted octanol–water partition coefficient (Wildman–Crippen LogP) is 3.25. The Morgan fingerprint density at radius 3 is 2.39 bits per heavy atom. The monoisotopic (exact) mass is 514 g/mol. The van der Waals surface area contributed by atoms with E-state index in [1.165, 1.54) is 22.3 Å². The smallest absolute Gasteiger partial charge is 0.414 e. The van der Waals surface area contributed by atoms with Crippen molar-refractivity contribution in [2.45, 2.75) is 43.6 Å². The first-order chi connectivity index (χ1) is 17.2. The van der Waals surface area contributed by atoms with Gasteiger partial charge in [0.15, 0.2) is 0 Å². The molecule has 5 rings (SSSR count). The molecule has 1 heterocycles. The number of carboxylic acids is 2. The van der Waals surface area contributed by atoms with Gasteiger partial charge in [-0.25, -0.2) is 9.59 Å². The molecule has 0 saturated carbocycles. The number of carbonyl (C=O) groups excluding carboxylic acids is 1. The SMILES string of the molecule is CCOCC(=O)NC1CCN(C[C@]23C[C@@H](c4ccccc42)c2ccc(Cl)cc23)CC1.O=C(O)C(=O)O. The zero-order valence-corrected chi connectivity index (χ0v) is 21.0. The average molecular weight is 515 g/mol. The Hall–Kier alpha value is -2.94. The number of rotatable bonds is 6. The van der Waals surface area contributed by atoms with Crippen LogP contribution in [0.4, 0.5) is 0 Å². The van der Waals surface area contributed by atoms with Crippen molar-refractivity contribution in [3.8, 4) is 0 Å². The Labute approximate surface area is 215 Å². The number of amides is 1. The second-order valence-electron chi connectivity index (χ2n) is 9.52. The lowest BCUT2D eigenvalue weighted by Crippen LogP contribution is -2.49. The quantitative estimate of drug-likeness (QED) is 0.507. The number of halogens is 1. The summed E-state index contributed by atoms with van der Waals surface area (Å²) in [6, 6.07) is 15.7. The van der Waals surface area contributed by atoms with Crippen LogP contribution in [0.15, 0.2) is 42.5 Å². The van der Waals surface area contributed by atoms with Crippen molar-refractivity contribution in [2.24, 2.45) is 0 Å². The number of nitrogens with one attached hydrogen (secondary N) is 1. The standard InChI is InChI=1S/C25H29ClN2O2.C2H2O4/c1-2-30-15-24(29)27-18-9-11-28(12-10-18)16-25-14-21(19-5-3-4-6-22(19)25)20-8-7-17(26)13-23(20)25;3-1(4)2(5)6/h3-8,13,18,21H,2,9-12,14-16H2,1H3,(H,27,29);(H,3,4)(H,5,6)/t21-,25+;/m0./s1. The van der Waals surface area contributed by atoms with Gasteiger partial charge in [-0.1, -0.05) is 41.9 Å². The second kappa shape index (κ2) is 11.0. The molecule has 1 amide bonds. The normalized spacial score (nSPS) is 22.2. The molecular weight excluding hydrogens is 484 g/mol. The summed E-state index contributed by atoms with van der Waals surface area (Å²) in [5, 5.41) is 18.7. The summed E-state index contributed by atoms with van der Waals surface area (Å²) in [5.41, 5.74) is 5.89. The number of hydrogen-bond donors (Lipinski definition) is 3. The summed E-state index contributed by atoms with van der Waals surface area (Å²) in [4.78, 5) is 32.8. The Kier molecular flexibility index (Phi) is 7.97. The Balaban J connectivity index is 0.000000455. The van der Waals surface area contributed by atoms with E-state index in [2.05, 4.69) is 46.6 Å². The maximum absolute atomic E-state index is 12.0. The van der Waals surface area contributed by atoms with Crippen LogP contribution >= 0.6 is 11.6 Å². The molecule has 2 aliphatic carbocycles. The molecule has 8 nitrogen and oxygen atoms in total. The van der Waals surface area contributed by atoms with Gasteiger partial charge in [0.05, 0.1) is 0 Å². The minimum Gasteiger partial charge on any atom is -0.473 e. The lowest BCUT2D eigenvalue weighted by Gasteiger charge is -2.40. The van der Waals surface area contributed by atoms with Gasteiger partial charge in [0.25, 0.3) is 0 Å². The summed E-state index contributed by atoms with van der Waals surface area (Å²) in [7, 11) is 0. The summed E-state index contributed by atoms with van der Waals surface area (Å²) in [5.74, 6) is -3.16. The van der Waals surface area contributed by atoms with Crippen molar-refractivity contribution in [1.29, 1.82) is 0 Å². The molecule has 3 N–H and O–H groups in total. The highest BCUT2D eigenvalue weighted by Crippen LogP contribution is 2.60. The van der Waals surface area contributed by atoms with Crippen molar-refractivity contribution in [3.63, 3.8) is 0 Å². The van der Waals surface area contributed by atoms with Crippen LogP contribution in [-0.2, 0) is 24.5 Å². The van der Waals surface area contributed by atoms with E-state index in [-0.39, 0.29) is 24.0 Å². The van der Waals surface area contributed by atoms with Crippen molar-refractivity contribution in [1.82, 2.24) is 10.2 Å². The topological polar surface area (TPSA) is 116 Å². The van der Waals surface area contributed by atoms with E-state index in [0.29, 0.717) is 12.5 Å². The first-order valence-electron chi connectivity index (χ1n) is 12.2. The Morgan fingerprint density at radius 2 is 1.72 bits per heavy atom. The van der Waals surface area contributed by atoms with Gasteiger partial charge in [-0.2, -0.15) is 0 Å². The van der Waals surface area contributed by atoms with Crippen LogP contribution < -0.4 is 5.32 Å². The van der Waals surface area contributed by atoms with Crippen LogP contribution in [0.3, 0.4) is 0 Å². The van der Waals surface area contributed by atoms with E-state index in [1.54, 1.807) is 0 Å². The molecule has 1 fully saturated rings. The number of carbonyl (C=O) groups is 3. The molecule has 1 saturated heterocycles. The van der Waals surface area contributed by atoms with Crippen LogP contribution in [0.1, 0.15) is 54.4 Å². The van der Waals surface area contributed by atoms with Crippen LogP contribution in [0.25, 0.3) is 0 Å². The number of aliphatic carboxylic acids is 2. The zero-order chi connectivity index (χ0) is 25.9. The highest BCUT2D eigenvalue weighted by molar-refractivity contribution is 6.30. The van der Waals surface area contributed by atoms with Gasteiger partial charge in [-0.05, 0) is 60.6 Å². The summed E-state index contributed by atoms with van der Waals surface area (Å²) in [6.45, 7) is 5.67. The number of carboxylic acid groups (broad SMARTS) is 2. The van der Waals surface area contributed by atoms with Gasteiger partial charge in [-0.15, -0.1) is 0 Å². The van der Waals surface area contributed by atoms with Gasteiger partial charge in [-0.3, -0.25) is 4.79 Å². The Bertz CT molecular complexity index is 1130. The molecule has 36 heavy (non-hydrogen) atoms. The zero-order valence-electron chi connectivity index (χ0n) is 20.2. The van der Waals surface area contributed by atoms with Crippen molar-refractivity contribution in [2.75, 3.05) is 32.8 Å². The number of hydrogen-bond acceptors (Lipinski definition) is 5. The molecule has 0 unspecified atom stereocenters. The highest BCUT2D eigenvalue weighted by atomic mass is 35.5. The maximum atomic E-state index is 12.0. The molecule has 192 valence electrons. The first-order valence-corrected chi connectivity index (χ1v) is 12.6. The van der Waals surface area contributed by atoms with Crippen LogP contribution in [0.2, 0.25) is 5.02 Å². The van der Waals surface area contributed by atoms with E-state index in [9.17, 15) is 4.79 Å². The highest BCUT2D eigenvalue weighted by Gasteiger charge is 2.53. The molecule has 1 aliphatic heterocycles. The second-order valence-corrected chi connectivity index (χ2v) is 9.96. The average Bonchev–Trinajstić information content (AvgIpc) is 3.36. The molecule has 0 radical (unpaired) electrons. The molecule has 0 spiro atoms. The van der Waals surface area contributed by atoms with Gasteiger partial charge in [0.1, 0.15) is 6.61 Å². The first kappa shape index (κ1) is 26.1. The minimum absolute atomic E-state index is 0.000757. The summed E-state index contributed by atoms with van der Waals surface area (Å²) < 4.78 is 5.22. The van der Waals surface area contributed by atoms with Crippen LogP contribution in [0.5, 0.6) is 0 Å². The molecular formula is C27H31ClN2O6. The third-order valence-corrected chi connectivity index (χ3v) is 7.61. The number of ether oxygens (including phenoxy) is 1. The predicted molar refractivity (Wildman–Crippen MR) is 135 cm³/mol. The molecule has 2 bridgehead atoms. The van der Waals surface area contributed by atoms with Crippen LogP contribution in [-0.4, -0.2) is 71.8 Å². The van der Waals surface area contributed by atoms with Crippen molar-refractivity contribution in [3.05, 3.63) is 69.7 Å². The van der Waals surface area contributed by atoms with Crippen LogP contribution in [0, 0.1) is 0 Å². The maximum Gasteiger partial charge on any atom is 0.414 e.